The molecule has 0 aliphatic heterocycles. The van der Waals surface area contributed by atoms with Gasteiger partial charge in [-0.15, -0.1) is 0 Å². The highest BCUT2D eigenvalue weighted by Gasteiger charge is 2.07. The average Bonchev–Trinajstić information content (AvgIpc) is 2.44. The first kappa shape index (κ1) is 17.0. The van der Waals surface area contributed by atoms with Crippen molar-refractivity contribution in [2.45, 2.75) is 53.4 Å². The molecule has 20 heavy (non-hydrogen) atoms. The van der Waals surface area contributed by atoms with Gasteiger partial charge in [-0.2, -0.15) is 0 Å². The van der Waals surface area contributed by atoms with Gasteiger partial charge in [-0.1, -0.05) is 45.2 Å². The minimum atomic E-state index is 0.716. The lowest BCUT2D eigenvalue weighted by atomic mass is 9.99. The van der Waals surface area contributed by atoms with Crippen molar-refractivity contribution < 1.29 is 0 Å². The molecule has 2 nitrogen and oxygen atoms in total. The largest absolute Gasteiger partial charge is 0.362 e. The molecular formula is C17H28N2S. The van der Waals surface area contributed by atoms with Crippen LogP contribution in [0.1, 0.15) is 50.7 Å². The van der Waals surface area contributed by atoms with Crippen molar-refractivity contribution in [2.24, 2.45) is 5.92 Å². The molecule has 0 fully saturated rings. The Morgan fingerprint density at radius 2 is 2.00 bits per heavy atom. The van der Waals surface area contributed by atoms with Crippen LogP contribution in [0.3, 0.4) is 0 Å². The van der Waals surface area contributed by atoms with E-state index < -0.39 is 0 Å². The summed E-state index contributed by atoms with van der Waals surface area (Å²) >= 11 is 5.40. The van der Waals surface area contributed by atoms with Gasteiger partial charge in [0.25, 0.3) is 0 Å². The fourth-order valence-corrected chi connectivity index (χ4v) is 2.43. The van der Waals surface area contributed by atoms with Crippen LogP contribution in [-0.4, -0.2) is 11.7 Å². The predicted molar refractivity (Wildman–Crippen MR) is 93.4 cm³/mol. The number of anilines is 1. The SMILES string of the molecule is CCCCC(CC)CNC(=S)Nc1cccc(C)c1C. The lowest BCUT2D eigenvalue weighted by molar-refractivity contribution is 0.446. The van der Waals surface area contributed by atoms with E-state index in [2.05, 4.69) is 56.5 Å². The van der Waals surface area contributed by atoms with E-state index >= 15 is 0 Å². The first-order valence-corrected chi connectivity index (χ1v) is 8.10. The maximum atomic E-state index is 5.40. The maximum absolute atomic E-state index is 5.40. The summed E-state index contributed by atoms with van der Waals surface area (Å²) in [5.74, 6) is 0.716. The van der Waals surface area contributed by atoms with Crippen molar-refractivity contribution >= 4 is 23.0 Å². The van der Waals surface area contributed by atoms with Gasteiger partial charge in [0, 0.05) is 12.2 Å². The summed E-state index contributed by atoms with van der Waals surface area (Å²) in [6.45, 7) is 9.70. The zero-order valence-corrected chi connectivity index (χ0v) is 14.1. The van der Waals surface area contributed by atoms with E-state index in [1.807, 2.05) is 0 Å². The lowest BCUT2D eigenvalue weighted by Crippen LogP contribution is -2.33. The van der Waals surface area contributed by atoms with Crippen LogP contribution in [0.4, 0.5) is 5.69 Å². The van der Waals surface area contributed by atoms with Crippen molar-refractivity contribution in [3.8, 4) is 0 Å². The molecule has 0 heterocycles. The lowest BCUT2D eigenvalue weighted by Gasteiger charge is -2.18. The van der Waals surface area contributed by atoms with Gasteiger partial charge in [0.2, 0.25) is 0 Å². The van der Waals surface area contributed by atoms with Crippen LogP contribution in [0.15, 0.2) is 18.2 Å². The summed E-state index contributed by atoms with van der Waals surface area (Å²) in [5, 5.41) is 7.40. The van der Waals surface area contributed by atoms with Crippen LogP contribution in [0, 0.1) is 19.8 Å². The van der Waals surface area contributed by atoms with Gasteiger partial charge in [-0.05, 0) is 55.6 Å². The van der Waals surface area contributed by atoms with E-state index in [0.717, 1.165) is 17.3 Å². The molecule has 3 heteroatoms. The minimum Gasteiger partial charge on any atom is -0.362 e. The van der Waals surface area contributed by atoms with Gasteiger partial charge >= 0.3 is 0 Å². The Morgan fingerprint density at radius 1 is 1.25 bits per heavy atom. The Balaban J connectivity index is 2.45. The van der Waals surface area contributed by atoms with Crippen LogP contribution < -0.4 is 10.6 Å². The fourth-order valence-electron chi connectivity index (χ4n) is 2.23. The van der Waals surface area contributed by atoms with Gasteiger partial charge in [0.05, 0.1) is 0 Å². The number of benzene rings is 1. The average molecular weight is 292 g/mol. The minimum absolute atomic E-state index is 0.716. The van der Waals surface area contributed by atoms with Crippen molar-refractivity contribution in [1.29, 1.82) is 0 Å². The zero-order chi connectivity index (χ0) is 15.0. The Bertz CT molecular complexity index is 429. The number of aryl methyl sites for hydroxylation is 1. The van der Waals surface area contributed by atoms with E-state index in [1.165, 1.54) is 36.8 Å². The highest BCUT2D eigenvalue weighted by atomic mass is 32.1. The molecule has 0 aliphatic carbocycles. The molecule has 1 aromatic rings. The van der Waals surface area contributed by atoms with E-state index in [0.29, 0.717) is 5.92 Å². The van der Waals surface area contributed by atoms with Crippen molar-refractivity contribution in [1.82, 2.24) is 5.32 Å². The number of hydrogen-bond acceptors (Lipinski definition) is 1. The molecule has 0 saturated heterocycles. The first-order valence-electron chi connectivity index (χ1n) is 7.69. The molecule has 1 atom stereocenters. The summed E-state index contributed by atoms with van der Waals surface area (Å²) in [5.41, 5.74) is 3.64. The van der Waals surface area contributed by atoms with Crippen molar-refractivity contribution in [3.63, 3.8) is 0 Å². The van der Waals surface area contributed by atoms with E-state index in [-0.39, 0.29) is 0 Å². The molecule has 2 N–H and O–H groups in total. The summed E-state index contributed by atoms with van der Waals surface area (Å²) in [6.07, 6.45) is 5.06. The van der Waals surface area contributed by atoms with Gasteiger partial charge in [-0.3, -0.25) is 0 Å². The van der Waals surface area contributed by atoms with Gasteiger partial charge in [-0.25, -0.2) is 0 Å². The summed E-state index contributed by atoms with van der Waals surface area (Å²) in [7, 11) is 0. The molecule has 1 aromatic carbocycles. The topological polar surface area (TPSA) is 24.1 Å². The third kappa shape index (κ3) is 5.49. The second kappa shape index (κ2) is 8.96. The van der Waals surface area contributed by atoms with E-state index in [9.17, 15) is 0 Å². The highest BCUT2D eigenvalue weighted by molar-refractivity contribution is 7.80. The Kier molecular flexibility index (Phi) is 7.60. The number of unbranched alkanes of at least 4 members (excludes halogenated alkanes) is 1. The molecule has 0 aromatic heterocycles. The quantitative estimate of drug-likeness (QED) is 0.705. The summed E-state index contributed by atoms with van der Waals surface area (Å²) in [4.78, 5) is 0. The van der Waals surface area contributed by atoms with Crippen LogP contribution in [0.2, 0.25) is 0 Å². The molecule has 1 unspecified atom stereocenters. The molecule has 1 rings (SSSR count). The molecule has 112 valence electrons. The molecule has 0 amide bonds. The standard InChI is InChI=1S/C17H28N2S/c1-5-7-10-15(6-2)12-18-17(20)19-16-11-8-9-13(3)14(16)4/h8-9,11,15H,5-7,10,12H2,1-4H3,(H2,18,19,20). The van der Waals surface area contributed by atoms with Crippen LogP contribution >= 0.6 is 12.2 Å². The molecule has 0 spiro atoms. The third-order valence-electron chi connectivity index (χ3n) is 3.95. The number of thiocarbonyl (C=S) groups is 1. The van der Waals surface area contributed by atoms with Gasteiger partial charge in [0.1, 0.15) is 0 Å². The monoisotopic (exact) mass is 292 g/mol. The second-order valence-corrected chi connectivity index (χ2v) is 5.91. The number of nitrogens with one attached hydrogen (secondary N) is 2. The molecule has 0 bridgehead atoms. The predicted octanol–water partition coefficient (Wildman–Crippen LogP) is 4.81. The summed E-state index contributed by atoms with van der Waals surface area (Å²) < 4.78 is 0. The molecule has 0 aliphatic rings. The number of rotatable bonds is 7. The van der Waals surface area contributed by atoms with Gasteiger partial charge < -0.3 is 10.6 Å². The molecule has 0 saturated carbocycles. The van der Waals surface area contributed by atoms with E-state index in [4.69, 9.17) is 12.2 Å². The normalized spacial score (nSPS) is 12.0. The first-order chi connectivity index (χ1) is 9.58. The van der Waals surface area contributed by atoms with Crippen LogP contribution in [0.25, 0.3) is 0 Å². The number of hydrogen-bond donors (Lipinski definition) is 2. The van der Waals surface area contributed by atoms with Crippen molar-refractivity contribution in [3.05, 3.63) is 29.3 Å². The Hall–Kier alpha value is -1.09. The summed E-state index contributed by atoms with van der Waals surface area (Å²) in [6, 6.07) is 6.25. The van der Waals surface area contributed by atoms with Crippen LogP contribution in [0.5, 0.6) is 0 Å². The Labute approximate surface area is 129 Å². The highest BCUT2D eigenvalue weighted by Crippen LogP contribution is 2.18. The smallest absolute Gasteiger partial charge is 0.170 e. The maximum Gasteiger partial charge on any atom is 0.170 e. The second-order valence-electron chi connectivity index (χ2n) is 5.50. The fraction of sp³-hybridized carbons (Fsp3) is 0.588. The van der Waals surface area contributed by atoms with Crippen molar-refractivity contribution in [2.75, 3.05) is 11.9 Å². The van der Waals surface area contributed by atoms with Crippen LogP contribution in [-0.2, 0) is 0 Å². The van der Waals surface area contributed by atoms with E-state index in [1.54, 1.807) is 0 Å². The molecular weight excluding hydrogens is 264 g/mol. The zero-order valence-electron chi connectivity index (χ0n) is 13.3. The van der Waals surface area contributed by atoms with Gasteiger partial charge in [0.15, 0.2) is 5.11 Å². The molecule has 0 radical (unpaired) electrons. The third-order valence-corrected chi connectivity index (χ3v) is 4.19. The Morgan fingerprint density at radius 3 is 2.65 bits per heavy atom.